The fourth-order valence-corrected chi connectivity index (χ4v) is 7.12. The SMILES string of the molecule is Cc1ccc(-c2c(CN)c(CC(C)C)nc(C)c2NC(=O)c2cccc(C3=NNN(c4c(C)nc(CC(C)C)c(CN)c4-c4ccc(C)cc4)N3)c2)cc1.Cl. The molecule has 0 saturated heterocycles. The van der Waals surface area contributed by atoms with Crippen LogP contribution in [-0.2, 0) is 25.9 Å². The number of carbonyl (C=O) groups is 1. The number of amidine groups is 1. The predicted molar refractivity (Wildman–Crippen MR) is 228 cm³/mol. The van der Waals surface area contributed by atoms with Crippen molar-refractivity contribution in [1.82, 2.24) is 20.9 Å². The molecule has 5 aromatic rings. The number of amides is 1. The number of nitrogens with zero attached hydrogens (tertiary/aromatic N) is 4. The molecule has 0 spiro atoms. The van der Waals surface area contributed by atoms with Gasteiger partial charge in [0.15, 0.2) is 5.84 Å². The number of hydrogen-bond acceptors (Lipinski definition) is 9. The van der Waals surface area contributed by atoms with Crippen molar-refractivity contribution in [2.75, 3.05) is 10.4 Å². The highest BCUT2D eigenvalue weighted by atomic mass is 35.5. The fraction of sp³-hybridized carbons (Fsp3) is 0.318. The minimum atomic E-state index is -0.256. The van der Waals surface area contributed by atoms with Gasteiger partial charge in [-0.05, 0) is 86.8 Å². The van der Waals surface area contributed by atoms with E-state index in [2.05, 4.69) is 111 Å². The molecule has 11 heteroatoms. The average Bonchev–Trinajstić information content (AvgIpc) is 3.62. The molecular formula is C44H54ClN9O. The number of hydrogen-bond donors (Lipinski definition) is 5. The van der Waals surface area contributed by atoms with Crippen LogP contribution in [0.1, 0.15) is 88.6 Å². The molecule has 3 heterocycles. The van der Waals surface area contributed by atoms with E-state index in [1.807, 2.05) is 32.0 Å². The number of benzene rings is 3. The first-order valence-corrected chi connectivity index (χ1v) is 18.8. The van der Waals surface area contributed by atoms with Gasteiger partial charge in [0.25, 0.3) is 5.91 Å². The van der Waals surface area contributed by atoms with E-state index in [9.17, 15) is 4.79 Å². The summed E-state index contributed by atoms with van der Waals surface area (Å²) in [6, 6.07) is 24.2. The molecule has 1 aliphatic rings. The summed E-state index contributed by atoms with van der Waals surface area (Å²) in [5.41, 5.74) is 34.0. The second-order valence-corrected chi connectivity index (χ2v) is 15.1. The summed E-state index contributed by atoms with van der Waals surface area (Å²) >= 11 is 0. The summed E-state index contributed by atoms with van der Waals surface area (Å²) in [6.07, 6.45) is 1.61. The summed E-state index contributed by atoms with van der Waals surface area (Å²) in [7, 11) is 0. The Hall–Kier alpha value is -5.29. The number of hydrazine groups is 2. The highest BCUT2D eigenvalue weighted by molar-refractivity contribution is 6.09. The number of pyridine rings is 2. The molecular weight excluding hydrogens is 706 g/mol. The lowest BCUT2D eigenvalue weighted by Gasteiger charge is -2.26. The molecule has 0 aliphatic carbocycles. The Kier molecular flexibility index (Phi) is 13.0. The van der Waals surface area contributed by atoms with Crippen LogP contribution in [0.5, 0.6) is 0 Å². The largest absolute Gasteiger partial charge is 0.326 e. The first-order valence-electron chi connectivity index (χ1n) is 18.8. The number of halogens is 1. The predicted octanol–water partition coefficient (Wildman–Crippen LogP) is 8.22. The molecule has 0 fully saturated rings. The van der Waals surface area contributed by atoms with Crippen LogP contribution in [0.3, 0.4) is 0 Å². The maximum Gasteiger partial charge on any atom is 0.255 e. The van der Waals surface area contributed by atoms with Gasteiger partial charge in [0, 0.05) is 46.7 Å². The van der Waals surface area contributed by atoms with Crippen LogP contribution in [0.2, 0.25) is 0 Å². The smallest absolute Gasteiger partial charge is 0.255 e. The number of aromatic nitrogens is 2. The van der Waals surface area contributed by atoms with E-state index < -0.39 is 0 Å². The summed E-state index contributed by atoms with van der Waals surface area (Å²) in [5.74, 6) is 1.12. The molecule has 0 atom stereocenters. The quantitative estimate of drug-likeness (QED) is 0.0856. The lowest BCUT2D eigenvalue weighted by molar-refractivity contribution is 0.102. The van der Waals surface area contributed by atoms with E-state index >= 15 is 0 Å². The van der Waals surface area contributed by atoms with E-state index in [0.717, 1.165) is 85.8 Å². The van der Waals surface area contributed by atoms with Gasteiger partial charge in [-0.15, -0.1) is 17.5 Å². The Labute approximate surface area is 331 Å². The number of nitrogens with one attached hydrogen (secondary N) is 3. The highest BCUT2D eigenvalue weighted by Crippen LogP contribution is 2.39. The molecule has 3 aromatic carbocycles. The van der Waals surface area contributed by atoms with Gasteiger partial charge in [0.1, 0.15) is 5.69 Å². The summed E-state index contributed by atoms with van der Waals surface area (Å²) < 4.78 is 0. The number of rotatable bonds is 12. The molecule has 0 radical (unpaired) electrons. The van der Waals surface area contributed by atoms with Crippen molar-refractivity contribution in [3.05, 3.63) is 129 Å². The Morgan fingerprint density at radius 2 is 1.25 bits per heavy atom. The first kappa shape index (κ1) is 40.9. The van der Waals surface area contributed by atoms with E-state index in [1.165, 1.54) is 5.56 Å². The second-order valence-electron chi connectivity index (χ2n) is 15.1. The minimum absolute atomic E-state index is 0. The van der Waals surface area contributed by atoms with E-state index in [-0.39, 0.29) is 18.3 Å². The zero-order valence-electron chi connectivity index (χ0n) is 33.2. The van der Waals surface area contributed by atoms with Gasteiger partial charge in [-0.3, -0.25) is 20.2 Å². The molecule has 0 bridgehead atoms. The van der Waals surface area contributed by atoms with Gasteiger partial charge >= 0.3 is 0 Å². The van der Waals surface area contributed by atoms with Crippen molar-refractivity contribution >= 4 is 35.5 Å². The standard InChI is InChI=1S/C44H53N9O.ClH/c1-25(2)20-37-35(23-45)39(31-16-12-27(5)13-17-31)41(29(7)47-37)49-44(54)34-11-9-10-33(22-34)43-50-52-53(51-43)42-30(8)48-38(21-26(3)4)36(24-46)40(42)32-18-14-28(6)15-19-32;/h9-19,22,25-26,52H,20-21,23-24,45-46H2,1-8H3,(H,49,54)(H,50,51);1H. The van der Waals surface area contributed by atoms with Crippen molar-refractivity contribution in [2.45, 2.75) is 81.3 Å². The van der Waals surface area contributed by atoms with Gasteiger partial charge in [0.05, 0.1) is 17.1 Å². The average molecular weight is 760 g/mol. The molecule has 288 valence electrons. The maximum absolute atomic E-state index is 14.1. The first-order chi connectivity index (χ1) is 25.9. The lowest BCUT2D eigenvalue weighted by atomic mass is 9.92. The van der Waals surface area contributed by atoms with Crippen molar-refractivity contribution in [2.24, 2.45) is 28.4 Å². The molecule has 2 aromatic heterocycles. The van der Waals surface area contributed by atoms with Crippen LogP contribution in [0.15, 0.2) is 77.9 Å². The van der Waals surface area contributed by atoms with Crippen LogP contribution in [-0.4, -0.2) is 21.7 Å². The van der Waals surface area contributed by atoms with Gasteiger partial charge < -0.3 is 16.8 Å². The zero-order valence-corrected chi connectivity index (χ0v) is 34.0. The Bertz CT molecular complexity index is 2200. The normalized spacial score (nSPS) is 12.4. The van der Waals surface area contributed by atoms with Gasteiger partial charge in [-0.2, -0.15) is 10.7 Å². The summed E-state index contributed by atoms with van der Waals surface area (Å²) in [4.78, 5) is 24.1. The molecule has 7 N–H and O–H groups in total. The van der Waals surface area contributed by atoms with Crippen LogP contribution in [0.4, 0.5) is 11.4 Å². The Balaban J connectivity index is 0.00000580. The van der Waals surface area contributed by atoms with Crippen LogP contribution < -0.4 is 32.9 Å². The third-order valence-corrected chi connectivity index (χ3v) is 9.73. The number of aryl methyl sites for hydroxylation is 4. The molecule has 1 aliphatic heterocycles. The number of carbonyl (C=O) groups excluding carboxylic acids is 1. The number of nitrogens with two attached hydrogens (primary N) is 2. The fourth-order valence-electron chi connectivity index (χ4n) is 7.12. The molecule has 0 saturated carbocycles. The summed E-state index contributed by atoms with van der Waals surface area (Å²) in [6.45, 7) is 17.5. The molecule has 0 unspecified atom stereocenters. The monoisotopic (exact) mass is 759 g/mol. The topological polar surface area (TPSA) is 147 Å². The van der Waals surface area contributed by atoms with E-state index in [0.29, 0.717) is 42.0 Å². The Morgan fingerprint density at radius 3 is 1.80 bits per heavy atom. The van der Waals surface area contributed by atoms with Gasteiger partial charge in [0.2, 0.25) is 0 Å². The van der Waals surface area contributed by atoms with E-state index in [4.69, 9.17) is 21.4 Å². The second kappa shape index (κ2) is 17.5. The number of anilines is 2. The Morgan fingerprint density at radius 1 is 0.727 bits per heavy atom. The maximum atomic E-state index is 14.1. The minimum Gasteiger partial charge on any atom is -0.326 e. The summed E-state index contributed by atoms with van der Waals surface area (Å²) in [5, 5.41) is 9.67. The lowest BCUT2D eigenvalue weighted by Crippen LogP contribution is -2.43. The van der Waals surface area contributed by atoms with Crippen molar-refractivity contribution in [3.8, 4) is 22.3 Å². The van der Waals surface area contributed by atoms with Crippen LogP contribution in [0, 0.1) is 39.5 Å². The van der Waals surface area contributed by atoms with E-state index in [1.54, 1.807) is 11.2 Å². The third kappa shape index (κ3) is 8.83. The number of hydrazone groups is 1. The van der Waals surface area contributed by atoms with Crippen molar-refractivity contribution in [3.63, 3.8) is 0 Å². The van der Waals surface area contributed by atoms with Gasteiger partial charge in [-0.25, -0.2) is 0 Å². The highest BCUT2D eigenvalue weighted by Gasteiger charge is 2.28. The zero-order chi connectivity index (χ0) is 38.7. The van der Waals surface area contributed by atoms with Crippen LogP contribution >= 0.6 is 12.4 Å². The third-order valence-electron chi connectivity index (χ3n) is 9.73. The molecule has 6 rings (SSSR count). The van der Waals surface area contributed by atoms with Gasteiger partial charge in [-0.1, -0.05) is 99.5 Å². The van der Waals surface area contributed by atoms with Crippen molar-refractivity contribution < 1.29 is 4.79 Å². The van der Waals surface area contributed by atoms with Crippen LogP contribution in [0.25, 0.3) is 22.3 Å². The van der Waals surface area contributed by atoms with Crippen molar-refractivity contribution in [1.29, 1.82) is 0 Å². The molecule has 55 heavy (non-hydrogen) atoms. The molecule has 1 amide bonds. The molecule has 10 nitrogen and oxygen atoms in total.